The summed E-state index contributed by atoms with van der Waals surface area (Å²) in [7, 11) is 0. The van der Waals surface area contributed by atoms with Gasteiger partial charge < -0.3 is 4.74 Å². The van der Waals surface area contributed by atoms with Gasteiger partial charge in [-0.05, 0) is 48.9 Å². The molecule has 1 nitrogen and oxygen atoms in total. The fraction of sp³-hybridized carbons (Fsp3) is 0.500. The predicted molar refractivity (Wildman–Crippen MR) is 74.8 cm³/mol. The fourth-order valence-electron chi connectivity index (χ4n) is 1.86. The van der Waals surface area contributed by atoms with Crippen LogP contribution < -0.4 is 4.74 Å². The van der Waals surface area contributed by atoms with Gasteiger partial charge in [0.05, 0.1) is 6.61 Å². The average Bonchev–Trinajstić information content (AvgIpc) is 2.35. The lowest BCUT2D eigenvalue weighted by molar-refractivity contribution is 0.339. The van der Waals surface area contributed by atoms with Gasteiger partial charge in [0.15, 0.2) is 0 Å². The molecular formula is C16H24O. The molecule has 1 aromatic rings. The standard InChI is InChI=1S/C16H24O/c1-5-8-9-14-10-15(13(4)6-2)12-16(11-14)17-7-3/h6,10-13H,2,5,7-9H2,1,3-4H3. The Morgan fingerprint density at radius 3 is 2.65 bits per heavy atom. The lowest BCUT2D eigenvalue weighted by atomic mass is 9.97. The molecule has 1 heteroatoms. The molecule has 1 unspecified atom stereocenters. The molecule has 0 aromatic heterocycles. The highest BCUT2D eigenvalue weighted by atomic mass is 16.5. The van der Waals surface area contributed by atoms with Crippen LogP contribution >= 0.6 is 0 Å². The Labute approximate surface area is 106 Å². The highest BCUT2D eigenvalue weighted by Crippen LogP contribution is 2.25. The summed E-state index contributed by atoms with van der Waals surface area (Å²) in [6, 6.07) is 6.58. The van der Waals surface area contributed by atoms with E-state index in [-0.39, 0.29) is 0 Å². The van der Waals surface area contributed by atoms with Crippen molar-refractivity contribution in [2.24, 2.45) is 0 Å². The first-order chi connectivity index (χ1) is 8.21. The van der Waals surface area contributed by atoms with Crippen molar-refractivity contribution in [2.75, 3.05) is 6.61 Å². The largest absolute Gasteiger partial charge is 0.494 e. The number of benzene rings is 1. The SMILES string of the molecule is C=CC(C)c1cc(CCCC)cc(OCC)c1. The molecule has 17 heavy (non-hydrogen) atoms. The van der Waals surface area contributed by atoms with Gasteiger partial charge in [0.25, 0.3) is 0 Å². The number of unbranched alkanes of at least 4 members (excludes halogenated alkanes) is 1. The van der Waals surface area contributed by atoms with Gasteiger partial charge in [-0.25, -0.2) is 0 Å². The van der Waals surface area contributed by atoms with Gasteiger partial charge in [-0.15, -0.1) is 6.58 Å². The van der Waals surface area contributed by atoms with Crippen molar-refractivity contribution in [3.63, 3.8) is 0 Å². The quantitative estimate of drug-likeness (QED) is 0.618. The van der Waals surface area contributed by atoms with Crippen LogP contribution in [0.5, 0.6) is 5.75 Å². The first kappa shape index (κ1) is 13.8. The first-order valence-electron chi connectivity index (χ1n) is 6.60. The minimum absolute atomic E-state index is 0.385. The summed E-state index contributed by atoms with van der Waals surface area (Å²) >= 11 is 0. The number of rotatable bonds is 7. The van der Waals surface area contributed by atoms with E-state index in [0.717, 1.165) is 18.8 Å². The van der Waals surface area contributed by atoms with Gasteiger partial charge in [0.2, 0.25) is 0 Å². The van der Waals surface area contributed by atoms with Gasteiger partial charge in [-0.1, -0.05) is 32.4 Å². The Balaban J connectivity index is 2.95. The summed E-state index contributed by atoms with van der Waals surface area (Å²) in [5.41, 5.74) is 2.68. The van der Waals surface area contributed by atoms with Crippen LogP contribution in [0.4, 0.5) is 0 Å². The van der Waals surface area contributed by atoms with Crippen LogP contribution in [0.1, 0.15) is 50.7 Å². The van der Waals surface area contributed by atoms with Crippen LogP contribution in [0, 0.1) is 0 Å². The molecule has 1 atom stereocenters. The van der Waals surface area contributed by atoms with Crippen molar-refractivity contribution in [3.05, 3.63) is 42.0 Å². The molecule has 0 amide bonds. The molecule has 0 aliphatic rings. The monoisotopic (exact) mass is 232 g/mol. The molecular weight excluding hydrogens is 208 g/mol. The summed E-state index contributed by atoms with van der Waals surface area (Å²) < 4.78 is 5.63. The lowest BCUT2D eigenvalue weighted by Crippen LogP contribution is -1.97. The van der Waals surface area contributed by atoms with Crippen molar-refractivity contribution in [2.45, 2.75) is 46.0 Å². The molecule has 0 fully saturated rings. The molecule has 0 bridgehead atoms. The second-order valence-electron chi connectivity index (χ2n) is 4.47. The third-order valence-corrected chi connectivity index (χ3v) is 3.00. The zero-order chi connectivity index (χ0) is 12.7. The molecule has 1 rings (SSSR count). The second kappa shape index (κ2) is 7.16. The molecule has 0 aliphatic heterocycles. The van der Waals surface area contributed by atoms with E-state index >= 15 is 0 Å². The van der Waals surface area contributed by atoms with Gasteiger partial charge in [-0.3, -0.25) is 0 Å². The second-order valence-corrected chi connectivity index (χ2v) is 4.47. The molecule has 0 spiro atoms. The van der Waals surface area contributed by atoms with E-state index < -0.39 is 0 Å². The maximum Gasteiger partial charge on any atom is 0.119 e. The van der Waals surface area contributed by atoms with Gasteiger partial charge in [-0.2, -0.15) is 0 Å². The van der Waals surface area contributed by atoms with E-state index in [4.69, 9.17) is 4.74 Å². The van der Waals surface area contributed by atoms with Crippen LogP contribution in [-0.2, 0) is 6.42 Å². The Morgan fingerprint density at radius 1 is 1.29 bits per heavy atom. The predicted octanol–water partition coefficient (Wildman–Crippen LogP) is 4.72. The summed E-state index contributed by atoms with van der Waals surface area (Å²) in [5, 5.41) is 0. The molecule has 0 saturated carbocycles. The summed E-state index contributed by atoms with van der Waals surface area (Å²) in [6.07, 6.45) is 5.58. The highest BCUT2D eigenvalue weighted by molar-refractivity contribution is 5.37. The molecule has 0 N–H and O–H groups in total. The maximum atomic E-state index is 5.63. The van der Waals surface area contributed by atoms with Crippen molar-refractivity contribution >= 4 is 0 Å². The van der Waals surface area contributed by atoms with Crippen LogP contribution in [0.15, 0.2) is 30.9 Å². The number of ether oxygens (including phenoxy) is 1. The van der Waals surface area contributed by atoms with Gasteiger partial charge >= 0.3 is 0 Å². The fourth-order valence-corrected chi connectivity index (χ4v) is 1.86. The summed E-state index contributed by atoms with van der Waals surface area (Å²) in [4.78, 5) is 0. The molecule has 94 valence electrons. The Bertz CT molecular complexity index is 355. The number of allylic oxidation sites excluding steroid dienone is 1. The minimum atomic E-state index is 0.385. The summed E-state index contributed by atoms with van der Waals surface area (Å²) in [6.45, 7) is 11.0. The van der Waals surface area contributed by atoms with Crippen LogP contribution in [-0.4, -0.2) is 6.61 Å². The van der Waals surface area contributed by atoms with E-state index in [0.29, 0.717) is 5.92 Å². The molecule has 0 heterocycles. The Hall–Kier alpha value is -1.24. The van der Waals surface area contributed by atoms with E-state index in [9.17, 15) is 0 Å². The number of aryl methyl sites for hydroxylation is 1. The van der Waals surface area contributed by atoms with Crippen molar-refractivity contribution in [1.82, 2.24) is 0 Å². The Morgan fingerprint density at radius 2 is 2.06 bits per heavy atom. The first-order valence-corrected chi connectivity index (χ1v) is 6.60. The average molecular weight is 232 g/mol. The third-order valence-electron chi connectivity index (χ3n) is 3.00. The molecule has 0 saturated heterocycles. The summed E-state index contributed by atoms with van der Waals surface area (Å²) in [5.74, 6) is 1.38. The zero-order valence-electron chi connectivity index (χ0n) is 11.3. The van der Waals surface area contributed by atoms with Crippen molar-refractivity contribution in [1.29, 1.82) is 0 Å². The number of hydrogen-bond donors (Lipinski definition) is 0. The molecule has 1 aromatic carbocycles. The van der Waals surface area contributed by atoms with Gasteiger partial charge in [0.1, 0.15) is 5.75 Å². The van der Waals surface area contributed by atoms with Crippen LogP contribution in [0.3, 0.4) is 0 Å². The highest BCUT2D eigenvalue weighted by Gasteiger charge is 2.06. The van der Waals surface area contributed by atoms with E-state index in [1.165, 1.54) is 24.0 Å². The van der Waals surface area contributed by atoms with Crippen LogP contribution in [0.2, 0.25) is 0 Å². The van der Waals surface area contributed by atoms with Crippen molar-refractivity contribution in [3.8, 4) is 5.75 Å². The topological polar surface area (TPSA) is 9.23 Å². The molecule has 0 radical (unpaired) electrons. The number of hydrogen-bond acceptors (Lipinski definition) is 1. The van der Waals surface area contributed by atoms with E-state index in [1.54, 1.807) is 0 Å². The minimum Gasteiger partial charge on any atom is -0.494 e. The third kappa shape index (κ3) is 4.26. The lowest BCUT2D eigenvalue weighted by Gasteiger charge is -2.13. The van der Waals surface area contributed by atoms with E-state index in [1.807, 2.05) is 13.0 Å². The Kier molecular flexibility index (Phi) is 5.82. The molecule has 0 aliphatic carbocycles. The van der Waals surface area contributed by atoms with Crippen molar-refractivity contribution < 1.29 is 4.74 Å². The maximum absolute atomic E-state index is 5.63. The van der Waals surface area contributed by atoms with E-state index in [2.05, 4.69) is 38.6 Å². The van der Waals surface area contributed by atoms with Crippen LogP contribution in [0.25, 0.3) is 0 Å². The zero-order valence-corrected chi connectivity index (χ0v) is 11.3. The van der Waals surface area contributed by atoms with Gasteiger partial charge in [0, 0.05) is 0 Å². The smallest absolute Gasteiger partial charge is 0.119 e. The normalized spacial score (nSPS) is 12.2.